The van der Waals surface area contributed by atoms with Crippen molar-refractivity contribution in [2.75, 3.05) is 22.6 Å². The van der Waals surface area contributed by atoms with E-state index in [-0.39, 0.29) is 29.2 Å². The molecule has 0 saturated heterocycles. The molecule has 8 nitrogen and oxygen atoms in total. The van der Waals surface area contributed by atoms with Gasteiger partial charge in [-0.2, -0.15) is 0 Å². The van der Waals surface area contributed by atoms with Crippen molar-refractivity contribution in [2.45, 2.75) is 46.0 Å². The molecule has 1 fully saturated rings. The van der Waals surface area contributed by atoms with E-state index < -0.39 is 19.1 Å². The number of rotatable bonds is 6. The van der Waals surface area contributed by atoms with Crippen molar-refractivity contribution in [1.82, 2.24) is 15.0 Å². The number of nitrogens with zero attached hydrogens (tertiary/aromatic N) is 4. The lowest BCUT2D eigenvalue weighted by molar-refractivity contribution is -0.117. The van der Waals surface area contributed by atoms with Crippen LogP contribution in [-0.4, -0.2) is 33.7 Å². The third kappa shape index (κ3) is 3.79. The highest BCUT2D eigenvalue weighted by molar-refractivity contribution is 6.03. The highest BCUT2D eigenvalue weighted by Gasteiger charge is 2.32. The first-order valence-electron chi connectivity index (χ1n) is 12.8. The number of carbonyl (C=O) groups is 2. The molecule has 0 radical (unpaired) electrons. The zero-order chi connectivity index (χ0) is 26.5. The van der Waals surface area contributed by atoms with Crippen LogP contribution < -0.4 is 15.5 Å². The van der Waals surface area contributed by atoms with E-state index in [2.05, 4.69) is 43.5 Å². The quantitative estimate of drug-likeness (QED) is 0.498. The van der Waals surface area contributed by atoms with E-state index >= 15 is 0 Å². The van der Waals surface area contributed by atoms with Crippen molar-refractivity contribution in [1.29, 1.82) is 0 Å². The molecule has 4 heterocycles. The number of hydrogen-bond donors (Lipinski definition) is 2. The first kappa shape index (κ1) is 18.6. The van der Waals surface area contributed by atoms with Gasteiger partial charge in [0, 0.05) is 59.3 Å². The fourth-order valence-electron chi connectivity index (χ4n) is 4.34. The first-order valence-corrected chi connectivity index (χ1v) is 11.3. The van der Waals surface area contributed by atoms with Crippen molar-refractivity contribution in [2.24, 2.45) is 5.92 Å². The molecule has 1 amide bonds. The summed E-state index contributed by atoms with van der Waals surface area (Å²) in [6, 6.07) is 5.55. The lowest BCUT2D eigenvalue weighted by Gasteiger charge is -2.36. The molecule has 5 rings (SSSR count). The van der Waals surface area contributed by atoms with Gasteiger partial charge in [-0.1, -0.05) is 12.9 Å². The standard InChI is InChI=1S/C26H28N6O2/c1-5-20(33)18-13-28-21(31-26(34)16-8-9-16)11-19(18)30-25-24-22(14(2)12-29-25)23-17(7-6-10-27-23)15(3)32(24)4/h6-7,10-13,15-16H,5,8-9H2,1-4H3,(H2,28,29,30,31,34)/t15-/m0/s1/i1D3. The minimum atomic E-state index is -2.43. The molecule has 0 unspecified atom stereocenters. The number of pyridine rings is 3. The molecule has 1 saturated carbocycles. The van der Waals surface area contributed by atoms with E-state index in [1.807, 2.05) is 20.0 Å². The zero-order valence-corrected chi connectivity index (χ0v) is 19.3. The summed E-state index contributed by atoms with van der Waals surface area (Å²) < 4.78 is 22.6. The van der Waals surface area contributed by atoms with Crippen LogP contribution in [0.5, 0.6) is 0 Å². The number of aromatic nitrogens is 3. The molecule has 1 aliphatic carbocycles. The van der Waals surface area contributed by atoms with Gasteiger partial charge in [0.25, 0.3) is 0 Å². The van der Waals surface area contributed by atoms with Crippen molar-refractivity contribution in [3.63, 3.8) is 0 Å². The van der Waals surface area contributed by atoms with Crippen LogP contribution in [0.25, 0.3) is 11.3 Å². The predicted octanol–water partition coefficient (Wildman–Crippen LogP) is 5.04. The van der Waals surface area contributed by atoms with E-state index in [1.165, 1.54) is 6.20 Å². The molecule has 3 aromatic heterocycles. The Morgan fingerprint density at radius 2 is 2.06 bits per heavy atom. The molecular formula is C26H28N6O2. The predicted molar refractivity (Wildman–Crippen MR) is 133 cm³/mol. The van der Waals surface area contributed by atoms with Gasteiger partial charge < -0.3 is 15.5 Å². The maximum atomic E-state index is 13.0. The summed E-state index contributed by atoms with van der Waals surface area (Å²) in [7, 11) is 1.97. The fourth-order valence-corrected chi connectivity index (χ4v) is 4.34. The van der Waals surface area contributed by atoms with E-state index in [0.717, 1.165) is 40.9 Å². The largest absolute Gasteiger partial charge is 0.364 e. The molecule has 2 N–H and O–H groups in total. The van der Waals surface area contributed by atoms with Crippen molar-refractivity contribution in [3.05, 3.63) is 53.5 Å². The number of anilines is 4. The van der Waals surface area contributed by atoms with Crippen LogP contribution in [0.3, 0.4) is 0 Å². The van der Waals surface area contributed by atoms with Crippen LogP contribution in [0, 0.1) is 12.8 Å². The topological polar surface area (TPSA) is 100 Å². The van der Waals surface area contributed by atoms with Gasteiger partial charge >= 0.3 is 0 Å². The van der Waals surface area contributed by atoms with E-state index in [1.54, 1.807) is 18.5 Å². The number of nitrogens with one attached hydrogen (secondary N) is 2. The summed E-state index contributed by atoms with van der Waals surface area (Å²) in [4.78, 5) is 40.9. The lowest BCUT2D eigenvalue weighted by atomic mass is 9.91. The van der Waals surface area contributed by atoms with Gasteiger partial charge in [0.15, 0.2) is 11.6 Å². The smallest absolute Gasteiger partial charge is 0.228 e. The number of ketones is 1. The molecule has 0 bridgehead atoms. The molecule has 34 heavy (non-hydrogen) atoms. The Labute approximate surface area is 203 Å². The van der Waals surface area contributed by atoms with Crippen LogP contribution in [0.2, 0.25) is 0 Å². The summed E-state index contributed by atoms with van der Waals surface area (Å²) in [6.07, 6.45) is 5.85. The van der Waals surface area contributed by atoms with Gasteiger partial charge in [-0.25, -0.2) is 9.97 Å². The summed E-state index contributed by atoms with van der Waals surface area (Å²) in [5, 5.41) is 6.05. The van der Waals surface area contributed by atoms with Gasteiger partial charge in [0.2, 0.25) is 5.91 Å². The molecule has 3 aromatic rings. The number of carbonyl (C=O) groups excluding carboxylic acids is 2. The second-order valence-electron chi connectivity index (χ2n) is 8.85. The zero-order valence-electron chi connectivity index (χ0n) is 22.3. The van der Waals surface area contributed by atoms with E-state index in [0.29, 0.717) is 11.5 Å². The van der Waals surface area contributed by atoms with Crippen molar-refractivity contribution < 1.29 is 13.7 Å². The molecule has 8 heteroatoms. The minimum absolute atomic E-state index is 0.0165. The Hall–Kier alpha value is -3.81. The monoisotopic (exact) mass is 459 g/mol. The molecule has 1 aliphatic heterocycles. The number of hydrogen-bond acceptors (Lipinski definition) is 7. The Balaban J connectivity index is 1.60. The van der Waals surface area contributed by atoms with Crippen molar-refractivity contribution >= 4 is 34.7 Å². The Morgan fingerprint density at radius 3 is 2.82 bits per heavy atom. The summed E-state index contributed by atoms with van der Waals surface area (Å²) >= 11 is 0. The van der Waals surface area contributed by atoms with Crippen LogP contribution >= 0.6 is 0 Å². The van der Waals surface area contributed by atoms with Gasteiger partial charge in [0.1, 0.15) is 5.82 Å². The molecule has 1 atom stereocenters. The average molecular weight is 460 g/mol. The van der Waals surface area contributed by atoms with Crippen LogP contribution in [0.15, 0.2) is 36.8 Å². The SMILES string of the molecule is [2H]C([2H])([2H])CC(=O)c1cnc(NC(=O)C2CC2)cc1Nc1ncc(C)c2c1N(C)[C@@H](C)c1cccnc1-2. The Bertz CT molecular complexity index is 1400. The maximum Gasteiger partial charge on any atom is 0.228 e. The molecule has 0 aromatic carbocycles. The summed E-state index contributed by atoms with van der Waals surface area (Å²) in [6.45, 7) is 1.62. The normalized spacial score (nSPS) is 18.1. The molecular weight excluding hydrogens is 428 g/mol. The van der Waals surface area contributed by atoms with Gasteiger partial charge in [-0.3, -0.25) is 14.6 Å². The second-order valence-corrected chi connectivity index (χ2v) is 8.85. The molecule has 2 aliphatic rings. The third-order valence-electron chi connectivity index (χ3n) is 6.52. The number of Topliss-reactive ketones (excluding diaryl/α,β-unsaturated/α-hetero) is 1. The van der Waals surface area contributed by atoms with Crippen LogP contribution in [0.1, 0.15) is 64.7 Å². The maximum absolute atomic E-state index is 13.0. The first-order chi connectivity index (χ1) is 17.5. The summed E-state index contributed by atoms with van der Waals surface area (Å²) in [5.74, 6) is 0.0369. The number of fused-ring (bicyclic) bond motifs is 3. The molecule has 0 spiro atoms. The van der Waals surface area contributed by atoms with Crippen molar-refractivity contribution in [3.8, 4) is 11.3 Å². The number of amides is 1. The van der Waals surface area contributed by atoms with E-state index in [9.17, 15) is 9.59 Å². The van der Waals surface area contributed by atoms with Crippen LogP contribution in [-0.2, 0) is 4.79 Å². The average Bonchev–Trinajstić information content (AvgIpc) is 3.68. The van der Waals surface area contributed by atoms with Gasteiger partial charge in [-0.15, -0.1) is 0 Å². The van der Waals surface area contributed by atoms with E-state index in [4.69, 9.17) is 4.11 Å². The molecule has 174 valence electrons. The summed E-state index contributed by atoms with van der Waals surface area (Å²) in [5.41, 5.74) is 5.10. The van der Waals surface area contributed by atoms with Gasteiger partial charge in [-0.05, 0) is 38.3 Å². The van der Waals surface area contributed by atoms with Gasteiger partial charge in [0.05, 0.1) is 28.7 Å². The fraction of sp³-hybridized carbons (Fsp3) is 0.346. The Morgan fingerprint density at radius 1 is 1.24 bits per heavy atom. The third-order valence-corrected chi connectivity index (χ3v) is 6.52. The highest BCUT2D eigenvalue weighted by atomic mass is 16.2. The second kappa shape index (κ2) is 8.52. The lowest BCUT2D eigenvalue weighted by Crippen LogP contribution is -2.28. The Kier molecular flexibility index (Phi) is 4.66. The highest BCUT2D eigenvalue weighted by Crippen LogP contribution is 2.47. The minimum Gasteiger partial charge on any atom is -0.364 e. The van der Waals surface area contributed by atoms with Crippen LogP contribution in [0.4, 0.5) is 23.0 Å². The number of aryl methyl sites for hydroxylation is 1.